The standard InChI is InChI=1S/C15H23N3O3/c1-2-3-4-14(17-9-7-16-8-10-17)13-11-12(19)5-6-15(13)18(20)21/h5-6,11,14,16,19H,2-4,7-10H2,1H3/t14-/m1/s1. The summed E-state index contributed by atoms with van der Waals surface area (Å²) in [4.78, 5) is 13.2. The number of piperazine rings is 1. The largest absolute Gasteiger partial charge is 0.508 e. The van der Waals surface area contributed by atoms with Gasteiger partial charge in [-0.1, -0.05) is 19.8 Å². The van der Waals surface area contributed by atoms with Gasteiger partial charge in [-0.2, -0.15) is 0 Å². The molecule has 0 saturated carbocycles. The Hall–Kier alpha value is -1.66. The molecule has 0 aliphatic carbocycles. The molecule has 2 N–H and O–H groups in total. The number of benzene rings is 1. The maximum absolute atomic E-state index is 11.3. The Bertz CT molecular complexity index is 487. The van der Waals surface area contributed by atoms with Crippen LogP contribution in [-0.4, -0.2) is 41.1 Å². The molecular formula is C15H23N3O3. The number of rotatable bonds is 6. The second-order valence-electron chi connectivity index (χ2n) is 5.44. The van der Waals surface area contributed by atoms with Crippen LogP contribution in [0.1, 0.15) is 37.8 Å². The lowest BCUT2D eigenvalue weighted by Crippen LogP contribution is -2.45. The van der Waals surface area contributed by atoms with Gasteiger partial charge >= 0.3 is 0 Å². The van der Waals surface area contributed by atoms with Crippen molar-refractivity contribution in [3.05, 3.63) is 33.9 Å². The number of phenols is 1. The number of unbranched alkanes of at least 4 members (excludes halogenated alkanes) is 1. The Morgan fingerprint density at radius 3 is 2.76 bits per heavy atom. The van der Waals surface area contributed by atoms with Gasteiger partial charge in [0.25, 0.3) is 5.69 Å². The molecule has 1 saturated heterocycles. The summed E-state index contributed by atoms with van der Waals surface area (Å²) in [5.74, 6) is 0.0900. The van der Waals surface area contributed by atoms with Crippen LogP contribution in [0.3, 0.4) is 0 Å². The zero-order valence-electron chi connectivity index (χ0n) is 12.4. The van der Waals surface area contributed by atoms with E-state index in [1.165, 1.54) is 12.1 Å². The van der Waals surface area contributed by atoms with Crippen molar-refractivity contribution in [3.63, 3.8) is 0 Å². The number of phenolic OH excluding ortho intramolecular Hbond substituents is 1. The van der Waals surface area contributed by atoms with Crippen LogP contribution in [0.25, 0.3) is 0 Å². The molecule has 1 atom stereocenters. The molecule has 21 heavy (non-hydrogen) atoms. The fourth-order valence-corrected chi connectivity index (χ4v) is 2.90. The van der Waals surface area contributed by atoms with Crippen molar-refractivity contribution in [2.45, 2.75) is 32.2 Å². The minimum atomic E-state index is -0.351. The third-order valence-corrected chi connectivity index (χ3v) is 3.99. The number of hydrogen-bond donors (Lipinski definition) is 2. The second-order valence-corrected chi connectivity index (χ2v) is 5.44. The number of nitro groups is 1. The third-order valence-electron chi connectivity index (χ3n) is 3.99. The first-order valence-electron chi connectivity index (χ1n) is 7.55. The molecule has 1 aromatic rings. The van der Waals surface area contributed by atoms with Gasteiger partial charge in [-0.3, -0.25) is 15.0 Å². The highest BCUT2D eigenvalue weighted by Crippen LogP contribution is 2.35. The highest BCUT2D eigenvalue weighted by molar-refractivity contribution is 5.46. The summed E-state index contributed by atoms with van der Waals surface area (Å²) >= 11 is 0. The predicted octanol–water partition coefficient (Wildman–Crippen LogP) is 2.44. The van der Waals surface area contributed by atoms with Crippen molar-refractivity contribution in [2.24, 2.45) is 0 Å². The zero-order chi connectivity index (χ0) is 15.2. The van der Waals surface area contributed by atoms with E-state index in [9.17, 15) is 15.2 Å². The van der Waals surface area contributed by atoms with E-state index in [1.54, 1.807) is 6.07 Å². The molecule has 0 unspecified atom stereocenters. The van der Waals surface area contributed by atoms with E-state index in [-0.39, 0.29) is 22.4 Å². The fourth-order valence-electron chi connectivity index (χ4n) is 2.90. The van der Waals surface area contributed by atoms with Crippen LogP contribution < -0.4 is 5.32 Å². The van der Waals surface area contributed by atoms with Crippen molar-refractivity contribution in [1.29, 1.82) is 0 Å². The van der Waals surface area contributed by atoms with Crippen molar-refractivity contribution < 1.29 is 10.0 Å². The van der Waals surface area contributed by atoms with Crippen LogP contribution in [0.15, 0.2) is 18.2 Å². The van der Waals surface area contributed by atoms with Crippen LogP contribution in [-0.2, 0) is 0 Å². The number of nitro benzene ring substituents is 1. The summed E-state index contributed by atoms with van der Waals surface area (Å²) in [5, 5.41) is 24.3. The number of nitrogens with one attached hydrogen (secondary N) is 1. The summed E-state index contributed by atoms with van der Waals surface area (Å²) in [7, 11) is 0. The Morgan fingerprint density at radius 1 is 1.43 bits per heavy atom. The molecule has 1 fully saturated rings. The van der Waals surface area contributed by atoms with Crippen molar-refractivity contribution in [3.8, 4) is 5.75 Å². The first-order chi connectivity index (χ1) is 10.1. The second kappa shape index (κ2) is 7.38. The molecule has 2 rings (SSSR count). The lowest BCUT2D eigenvalue weighted by Gasteiger charge is -2.35. The molecule has 1 aliphatic heterocycles. The van der Waals surface area contributed by atoms with E-state index in [1.807, 2.05) is 0 Å². The lowest BCUT2D eigenvalue weighted by molar-refractivity contribution is -0.386. The van der Waals surface area contributed by atoms with Gasteiger partial charge in [-0.15, -0.1) is 0 Å². The van der Waals surface area contributed by atoms with E-state index >= 15 is 0 Å². The van der Waals surface area contributed by atoms with Crippen LogP contribution in [0, 0.1) is 10.1 Å². The monoisotopic (exact) mass is 293 g/mol. The first-order valence-corrected chi connectivity index (χ1v) is 7.55. The maximum atomic E-state index is 11.3. The SMILES string of the molecule is CCCC[C@H](c1cc(O)ccc1[N+](=O)[O-])N1CCNCC1. The topological polar surface area (TPSA) is 78.6 Å². The van der Waals surface area contributed by atoms with E-state index in [0.717, 1.165) is 45.4 Å². The van der Waals surface area contributed by atoms with Gasteiger partial charge in [-0.05, 0) is 18.6 Å². The van der Waals surface area contributed by atoms with Crippen molar-refractivity contribution >= 4 is 5.69 Å². The third kappa shape index (κ3) is 3.92. The Kier molecular flexibility index (Phi) is 5.52. The summed E-state index contributed by atoms with van der Waals surface area (Å²) in [6.45, 7) is 5.67. The van der Waals surface area contributed by atoms with Gasteiger partial charge < -0.3 is 10.4 Å². The molecule has 1 aromatic carbocycles. The number of aromatic hydroxyl groups is 1. The number of hydrogen-bond acceptors (Lipinski definition) is 5. The van der Waals surface area contributed by atoms with E-state index in [4.69, 9.17) is 0 Å². The predicted molar refractivity (Wildman–Crippen MR) is 81.5 cm³/mol. The molecule has 1 heterocycles. The molecule has 1 aliphatic rings. The van der Waals surface area contributed by atoms with Gasteiger partial charge in [0.15, 0.2) is 0 Å². The Balaban J connectivity index is 2.34. The molecule has 0 aromatic heterocycles. The first kappa shape index (κ1) is 15.7. The van der Waals surface area contributed by atoms with Crippen LogP contribution in [0.4, 0.5) is 5.69 Å². The summed E-state index contributed by atoms with van der Waals surface area (Å²) in [6, 6.07) is 4.35. The van der Waals surface area contributed by atoms with E-state index in [0.29, 0.717) is 5.56 Å². The Morgan fingerprint density at radius 2 is 2.14 bits per heavy atom. The summed E-state index contributed by atoms with van der Waals surface area (Å²) in [5.41, 5.74) is 0.739. The molecule has 6 heteroatoms. The normalized spacial score (nSPS) is 17.6. The zero-order valence-corrected chi connectivity index (χ0v) is 12.4. The Labute approximate surface area is 124 Å². The van der Waals surface area contributed by atoms with E-state index < -0.39 is 0 Å². The highest BCUT2D eigenvalue weighted by Gasteiger charge is 2.28. The molecule has 116 valence electrons. The molecule has 6 nitrogen and oxygen atoms in total. The summed E-state index contributed by atoms with van der Waals surface area (Å²) < 4.78 is 0. The lowest BCUT2D eigenvalue weighted by atomic mass is 9.97. The van der Waals surface area contributed by atoms with Crippen LogP contribution >= 0.6 is 0 Å². The summed E-state index contributed by atoms with van der Waals surface area (Å²) in [6.07, 6.45) is 2.94. The van der Waals surface area contributed by atoms with Crippen molar-refractivity contribution in [1.82, 2.24) is 10.2 Å². The van der Waals surface area contributed by atoms with Gasteiger partial charge in [0, 0.05) is 38.3 Å². The van der Waals surface area contributed by atoms with E-state index in [2.05, 4.69) is 17.1 Å². The van der Waals surface area contributed by atoms with Crippen LogP contribution in [0.5, 0.6) is 5.75 Å². The molecule has 0 bridgehead atoms. The molecule has 0 amide bonds. The molecule has 0 spiro atoms. The van der Waals surface area contributed by atoms with Gasteiger partial charge in [0.2, 0.25) is 0 Å². The maximum Gasteiger partial charge on any atom is 0.274 e. The average molecular weight is 293 g/mol. The van der Waals surface area contributed by atoms with Gasteiger partial charge in [0.1, 0.15) is 5.75 Å². The van der Waals surface area contributed by atoms with Crippen molar-refractivity contribution in [2.75, 3.05) is 26.2 Å². The molecule has 0 radical (unpaired) electrons. The quantitative estimate of drug-likeness (QED) is 0.622. The van der Waals surface area contributed by atoms with Gasteiger partial charge in [0.05, 0.1) is 10.5 Å². The fraction of sp³-hybridized carbons (Fsp3) is 0.600. The smallest absolute Gasteiger partial charge is 0.274 e. The molecular weight excluding hydrogens is 270 g/mol. The van der Waals surface area contributed by atoms with Gasteiger partial charge in [-0.25, -0.2) is 0 Å². The average Bonchev–Trinajstić information content (AvgIpc) is 2.48. The highest BCUT2D eigenvalue weighted by atomic mass is 16.6. The van der Waals surface area contributed by atoms with Crippen LogP contribution in [0.2, 0.25) is 0 Å². The minimum Gasteiger partial charge on any atom is -0.508 e. The minimum absolute atomic E-state index is 0.000417. The number of nitrogens with zero attached hydrogens (tertiary/aromatic N) is 2.